The molecule has 0 radical (unpaired) electrons. The van der Waals surface area contributed by atoms with Crippen LogP contribution in [0.3, 0.4) is 0 Å². The van der Waals surface area contributed by atoms with Crippen LogP contribution in [0.4, 0.5) is 0 Å². The van der Waals surface area contributed by atoms with Gasteiger partial charge in [-0.15, -0.1) is 5.11 Å². The van der Waals surface area contributed by atoms with Crippen LogP contribution in [0.25, 0.3) is 0 Å². The van der Waals surface area contributed by atoms with E-state index >= 15 is 0 Å². The molecule has 0 fully saturated rings. The van der Waals surface area contributed by atoms with Crippen LogP contribution in [0.15, 0.2) is 58.8 Å². The molecule has 0 saturated heterocycles. The highest BCUT2D eigenvalue weighted by Gasteiger charge is 2.23. The fourth-order valence-electron chi connectivity index (χ4n) is 2.70. The van der Waals surface area contributed by atoms with Gasteiger partial charge in [0.2, 0.25) is 5.91 Å². The summed E-state index contributed by atoms with van der Waals surface area (Å²) in [6, 6.07) is 14.3. The van der Waals surface area contributed by atoms with Crippen molar-refractivity contribution in [3.63, 3.8) is 0 Å². The summed E-state index contributed by atoms with van der Waals surface area (Å²) in [6.45, 7) is 2.85. The monoisotopic (exact) mass is 337 g/mol. The Hall–Kier alpha value is -3.02. The molecule has 128 valence electrons. The molecule has 1 heterocycles. The second kappa shape index (κ2) is 7.70. The van der Waals surface area contributed by atoms with Crippen molar-refractivity contribution in [1.82, 2.24) is 5.32 Å². The third-order valence-corrected chi connectivity index (χ3v) is 3.93. The first-order valence-corrected chi connectivity index (χ1v) is 8.20. The van der Waals surface area contributed by atoms with E-state index in [0.29, 0.717) is 18.7 Å². The highest BCUT2D eigenvalue weighted by molar-refractivity contribution is 5.97. The van der Waals surface area contributed by atoms with Gasteiger partial charge in [-0.1, -0.05) is 30.3 Å². The molecule has 2 aromatic rings. The van der Waals surface area contributed by atoms with Crippen LogP contribution in [-0.4, -0.2) is 25.0 Å². The number of ether oxygens (including phenoxy) is 1. The predicted octanol–water partition coefficient (Wildman–Crippen LogP) is 3.09. The van der Waals surface area contributed by atoms with Crippen molar-refractivity contribution in [2.45, 2.75) is 19.4 Å². The van der Waals surface area contributed by atoms with E-state index in [9.17, 15) is 9.59 Å². The molecule has 25 heavy (non-hydrogen) atoms. The maximum Gasteiger partial charge on any atom is 0.295 e. The number of nitrogens with zero attached hydrogens (tertiary/aromatic N) is 2. The average Bonchev–Trinajstić information content (AvgIpc) is 2.63. The molecule has 1 unspecified atom stereocenters. The molecule has 1 aliphatic heterocycles. The lowest BCUT2D eigenvalue weighted by atomic mass is 9.99. The van der Waals surface area contributed by atoms with Crippen molar-refractivity contribution < 1.29 is 14.3 Å². The number of amides is 2. The van der Waals surface area contributed by atoms with Crippen LogP contribution in [0.5, 0.6) is 5.75 Å². The highest BCUT2D eigenvalue weighted by Crippen LogP contribution is 2.26. The summed E-state index contributed by atoms with van der Waals surface area (Å²) in [5.74, 6) is 0.344. The van der Waals surface area contributed by atoms with Crippen molar-refractivity contribution in [1.29, 1.82) is 0 Å². The third-order valence-electron chi connectivity index (χ3n) is 3.93. The van der Waals surface area contributed by atoms with Crippen molar-refractivity contribution in [2.75, 3.05) is 13.2 Å². The third kappa shape index (κ3) is 4.09. The van der Waals surface area contributed by atoms with Gasteiger partial charge in [0.15, 0.2) is 0 Å². The Morgan fingerprint density at radius 1 is 1.16 bits per heavy atom. The Bertz CT molecular complexity index is 800. The molecule has 1 atom stereocenters. The topological polar surface area (TPSA) is 80.1 Å². The molecule has 0 aromatic heterocycles. The van der Waals surface area contributed by atoms with Crippen LogP contribution in [0.1, 0.15) is 34.5 Å². The largest absolute Gasteiger partial charge is 0.494 e. The van der Waals surface area contributed by atoms with Gasteiger partial charge in [0.1, 0.15) is 11.8 Å². The minimum atomic E-state index is -0.340. The molecule has 0 spiro atoms. The number of hydrogen-bond donors (Lipinski definition) is 1. The van der Waals surface area contributed by atoms with E-state index in [1.807, 2.05) is 43.3 Å². The first-order valence-electron chi connectivity index (χ1n) is 8.20. The Morgan fingerprint density at radius 3 is 2.68 bits per heavy atom. The van der Waals surface area contributed by atoms with Gasteiger partial charge >= 0.3 is 0 Å². The van der Waals surface area contributed by atoms with Crippen LogP contribution < -0.4 is 10.1 Å². The first-order chi connectivity index (χ1) is 12.2. The van der Waals surface area contributed by atoms with Gasteiger partial charge < -0.3 is 10.1 Å². The lowest BCUT2D eigenvalue weighted by molar-refractivity contribution is -0.120. The Morgan fingerprint density at radius 2 is 1.92 bits per heavy atom. The number of nitrogens with one attached hydrogen (secondary N) is 1. The van der Waals surface area contributed by atoms with E-state index in [1.54, 1.807) is 12.1 Å². The summed E-state index contributed by atoms with van der Waals surface area (Å²) >= 11 is 0. The molecule has 0 bridgehead atoms. The van der Waals surface area contributed by atoms with Gasteiger partial charge in [0.05, 0.1) is 13.0 Å². The van der Waals surface area contributed by atoms with Gasteiger partial charge in [-0.25, -0.2) is 0 Å². The normalized spacial score (nSPS) is 15.6. The standard InChI is InChI=1S/C19H19N3O3/c1-2-25-14-9-7-13(8-10-14)11-18(23)20-12-17-15-5-3-4-6-16(15)19(24)22-21-17/h3-10,17H,2,11-12H2,1H3,(H,20,23). The SMILES string of the molecule is CCOc1ccc(CC(=O)NCC2N=NC(=O)c3ccccc32)cc1. The zero-order chi connectivity index (χ0) is 17.6. The number of carbonyl (C=O) groups is 2. The molecule has 6 heteroatoms. The van der Waals surface area contributed by atoms with Gasteiger partial charge in [0.25, 0.3) is 5.91 Å². The molecule has 2 aromatic carbocycles. The number of hydrogen-bond acceptors (Lipinski definition) is 4. The van der Waals surface area contributed by atoms with Crippen molar-refractivity contribution in [3.05, 3.63) is 65.2 Å². The second-order valence-electron chi connectivity index (χ2n) is 5.68. The Labute approximate surface area is 145 Å². The number of benzene rings is 2. The molecule has 3 rings (SSSR count). The number of carbonyl (C=O) groups excluding carboxylic acids is 2. The molecular formula is C19H19N3O3. The van der Waals surface area contributed by atoms with Crippen LogP contribution in [0, 0.1) is 0 Å². The van der Waals surface area contributed by atoms with Crippen molar-refractivity contribution >= 4 is 11.8 Å². The summed E-state index contributed by atoms with van der Waals surface area (Å²) in [4.78, 5) is 23.9. The zero-order valence-electron chi connectivity index (χ0n) is 13.9. The van der Waals surface area contributed by atoms with E-state index in [4.69, 9.17) is 4.74 Å². The minimum absolute atomic E-state index is 0.103. The summed E-state index contributed by atoms with van der Waals surface area (Å²) < 4.78 is 5.38. The van der Waals surface area contributed by atoms with E-state index in [2.05, 4.69) is 15.5 Å². The van der Waals surface area contributed by atoms with Crippen molar-refractivity contribution in [3.8, 4) is 5.75 Å². The van der Waals surface area contributed by atoms with Gasteiger partial charge in [-0.3, -0.25) is 9.59 Å². The lowest BCUT2D eigenvalue weighted by Gasteiger charge is -2.18. The smallest absolute Gasteiger partial charge is 0.295 e. The van der Waals surface area contributed by atoms with E-state index < -0.39 is 0 Å². The number of rotatable bonds is 6. The van der Waals surface area contributed by atoms with E-state index in [-0.39, 0.29) is 24.3 Å². The maximum atomic E-state index is 12.2. The fourth-order valence-corrected chi connectivity index (χ4v) is 2.70. The first kappa shape index (κ1) is 16.8. The lowest BCUT2D eigenvalue weighted by Crippen LogP contribution is -2.30. The average molecular weight is 337 g/mol. The van der Waals surface area contributed by atoms with E-state index in [0.717, 1.165) is 16.9 Å². The predicted molar refractivity (Wildman–Crippen MR) is 92.7 cm³/mol. The molecule has 1 N–H and O–H groups in total. The van der Waals surface area contributed by atoms with Crippen molar-refractivity contribution in [2.24, 2.45) is 10.2 Å². The highest BCUT2D eigenvalue weighted by atomic mass is 16.5. The zero-order valence-corrected chi connectivity index (χ0v) is 13.9. The molecule has 2 amide bonds. The second-order valence-corrected chi connectivity index (χ2v) is 5.68. The quantitative estimate of drug-likeness (QED) is 0.879. The minimum Gasteiger partial charge on any atom is -0.494 e. The number of azo groups is 1. The molecular weight excluding hydrogens is 318 g/mol. The Balaban J connectivity index is 1.57. The van der Waals surface area contributed by atoms with Crippen LogP contribution in [-0.2, 0) is 11.2 Å². The molecule has 0 aliphatic carbocycles. The van der Waals surface area contributed by atoms with Crippen LogP contribution >= 0.6 is 0 Å². The van der Waals surface area contributed by atoms with Gasteiger partial charge in [-0.2, -0.15) is 5.11 Å². The molecule has 0 saturated carbocycles. The summed E-state index contributed by atoms with van der Waals surface area (Å²) in [5.41, 5.74) is 2.24. The number of fused-ring (bicyclic) bond motifs is 1. The summed E-state index contributed by atoms with van der Waals surface area (Å²) in [6.07, 6.45) is 0.275. The van der Waals surface area contributed by atoms with Gasteiger partial charge in [-0.05, 0) is 36.2 Å². The molecule has 6 nitrogen and oxygen atoms in total. The fraction of sp³-hybridized carbons (Fsp3) is 0.263. The summed E-state index contributed by atoms with van der Waals surface area (Å²) in [7, 11) is 0. The van der Waals surface area contributed by atoms with E-state index in [1.165, 1.54) is 0 Å². The Kier molecular flexibility index (Phi) is 5.18. The summed E-state index contributed by atoms with van der Waals surface area (Å²) in [5, 5.41) is 10.5. The van der Waals surface area contributed by atoms with Gasteiger partial charge in [0, 0.05) is 12.1 Å². The maximum absolute atomic E-state index is 12.2. The molecule has 1 aliphatic rings. The van der Waals surface area contributed by atoms with Crippen LogP contribution in [0.2, 0.25) is 0 Å².